The van der Waals surface area contributed by atoms with Gasteiger partial charge in [-0.25, -0.2) is 10.8 Å². The summed E-state index contributed by atoms with van der Waals surface area (Å²) >= 11 is 1.66. The lowest BCUT2D eigenvalue weighted by Crippen LogP contribution is -2.24. The molecule has 0 spiro atoms. The normalized spacial score (nSPS) is 12.7. The Labute approximate surface area is 122 Å². The summed E-state index contributed by atoms with van der Waals surface area (Å²) in [6, 6.07) is 2.13. The largest absolute Gasteiger partial charge is 0.393 e. The zero-order valence-electron chi connectivity index (χ0n) is 12.1. The van der Waals surface area contributed by atoms with Crippen LogP contribution in [0.25, 0.3) is 10.2 Å². The summed E-state index contributed by atoms with van der Waals surface area (Å²) < 4.78 is 0. The Kier molecular flexibility index (Phi) is 4.74. The summed E-state index contributed by atoms with van der Waals surface area (Å²) in [5.74, 6) is 6.71. The molecule has 0 bridgehead atoms. The minimum atomic E-state index is -0.324. The fourth-order valence-electron chi connectivity index (χ4n) is 1.97. The lowest BCUT2D eigenvalue weighted by Gasteiger charge is -2.20. The smallest absolute Gasteiger partial charge is 0.240 e. The highest BCUT2D eigenvalue weighted by atomic mass is 32.1. The molecule has 0 amide bonds. The van der Waals surface area contributed by atoms with E-state index in [4.69, 9.17) is 5.84 Å². The van der Waals surface area contributed by atoms with Crippen molar-refractivity contribution >= 4 is 33.3 Å². The Hall–Kier alpha value is -1.44. The number of rotatable bonds is 6. The summed E-state index contributed by atoms with van der Waals surface area (Å²) in [7, 11) is 1.97. The number of anilines is 2. The number of nitrogen functional groups attached to an aromatic ring is 1. The highest BCUT2D eigenvalue weighted by Crippen LogP contribution is 2.31. The third-order valence-electron chi connectivity index (χ3n) is 3.15. The number of aliphatic hydroxyl groups is 1. The number of aryl methyl sites for hydroxylation is 1. The second-order valence-corrected chi connectivity index (χ2v) is 5.97. The van der Waals surface area contributed by atoms with Crippen molar-refractivity contribution in [2.24, 2.45) is 5.84 Å². The van der Waals surface area contributed by atoms with Crippen molar-refractivity contribution < 1.29 is 5.11 Å². The first-order valence-corrected chi connectivity index (χ1v) is 7.53. The van der Waals surface area contributed by atoms with Gasteiger partial charge in [-0.2, -0.15) is 4.98 Å². The lowest BCUT2D eigenvalue weighted by atomic mass is 10.2. The van der Waals surface area contributed by atoms with Crippen LogP contribution in [0.15, 0.2) is 6.07 Å². The van der Waals surface area contributed by atoms with Crippen LogP contribution in [-0.4, -0.2) is 34.8 Å². The summed E-state index contributed by atoms with van der Waals surface area (Å²) in [4.78, 5) is 13.1. The zero-order valence-corrected chi connectivity index (χ0v) is 12.9. The van der Waals surface area contributed by atoms with E-state index in [1.165, 1.54) is 4.88 Å². The van der Waals surface area contributed by atoms with E-state index in [1.807, 2.05) is 11.9 Å². The van der Waals surface area contributed by atoms with Gasteiger partial charge >= 0.3 is 0 Å². The molecule has 0 radical (unpaired) electrons. The molecule has 0 saturated heterocycles. The monoisotopic (exact) mass is 295 g/mol. The van der Waals surface area contributed by atoms with Crippen molar-refractivity contribution in [2.45, 2.75) is 32.8 Å². The van der Waals surface area contributed by atoms with E-state index in [1.54, 1.807) is 18.3 Å². The average molecular weight is 295 g/mol. The van der Waals surface area contributed by atoms with Gasteiger partial charge in [0.15, 0.2) is 0 Å². The molecule has 0 aliphatic rings. The van der Waals surface area contributed by atoms with Crippen LogP contribution in [0.3, 0.4) is 0 Å². The van der Waals surface area contributed by atoms with Gasteiger partial charge in [-0.05, 0) is 25.8 Å². The zero-order chi connectivity index (χ0) is 14.7. The Balaban J connectivity index is 2.40. The molecule has 0 aliphatic carbocycles. The molecule has 20 heavy (non-hydrogen) atoms. The number of hydrogen-bond acceptors (Lipinski definition) is 7. The van der Waals surface area contributed by atoms with Crippen molar-refractivity contribution in [3.8, 4) is 0 Å². The van der Waals surface area contributed by atoms with E-state index in [9.17, 15) is 5.11 Å². The molecule has 7 heteroatoms. The van der Waals surface area contributed by atoms with Gasteiger partial charge < -0.3 is 10.0 Å². The quantitative estimate of drug-likeness (QED) is 0.556. The summed E-state index contributed by atoms with van der Waals surface area (Å²) in [6.07, 6.45) is 1.34. The average Bonchev–Trinajstić information content (AvgIpc) is 2.86. The Morgan fingerprint density at radius 3 is 2.85 bits per heavy atom. The van der Waals surface area contributed by atoms with Crippen molar-refractivity contribution in [1.29, 1.82) is 0 Å². The molecule has 110 valence electrons. The molecule has 6 nitrogen and oxygen atoms in total. The number of hydrazine groups is 1. The number of nitrogens with one attached hydrogen (secondary N) is 1. The molecule has 2 heterocycles. The van der Waals surface area contributed by atoms with Gasteiger partial charge in [0.1, 0.15) is 10.6 Å². The Bertz CT molecular complexity index is 583. The molecular weight excluding hydrogens is 274 g/mol. The first kappa shape index (κ1) is 15.0. The highest BCUT2D eigenvalue weighted by Gasteiger charge is 2.14. The molecule has 2 aromatic rings. The maximum absolute atomic E-state index is 9.41. The van der Waals surface area contributed by atoms with E-state index in [-0.39, 0.29) is 6.10 Å². The molecule has 1 unspecified atom stereocenters. The lowest BCUT2D eigenvalue weighted by molar-refractivity contribution is 0.187. The van der Waals surface area contributed by atoms with Crippen LogP contribution in [0.5, 0.6) is 0 Å². The van der Waals surface area contributed by atoms with Crippen molar-refractivity contribution in [3.05, 3.63) is 10.9 Å². The van der Waals surface area contributed by atoms with Crippen LogP contribution < -0.4 is 16.2 Å². The molecule has 0 saturated carbocycles. The first-order valence-electron chi connectivity index (χ1n) is 6.71. The standard InChI is InChI=1S/C13H21N5OS/c1-4-9-7-10-11(18(3)6-5-8(2)19)15-13(17-14)16-12(10)20-9/h7-8,19H,4-6,14H2,1-3H3,(H,15,16,17). The number of fused-ring (bicyclic) bond motifs is 1. The van der Waals surface area contributed by atoms with E-state index < -0.39 is 0 Å². The predicted molar refractivity (Wildman–Crippen MR) is 84.2 cm³/mol. The molecule has 4 N–H and O–H groups in total. The summed E-state index contributed by atoms with van der Waals surface area (Å²) in [5.41, 5.74) is 2.51. The van der Waals surface area contributed by atoms with Crippen LogP contribution in [0.4, 0.5) is 11.8 Å². The molecule has 1 atom stereocenters. The Morgan fingerprint density at radius 2 is 2.25 bits per heavy atom. The van der Waals surface area contributed by atoms with Gasteiger partial charge in [0.25, 0.3) is 0 Å². The van der Waals surface area contributed by atoms with Gasteiger partial charge in [-0.3, -0.25) is 5.43 Å². The van der Waals surface area contributed by atoms with E-state index in [0.29, 0.717) is 12.4 Å². The maximum Gasteiger partial charge on any atom is 0.240 e. The van der Waals surface area contributed by atoms with Crippen molar-refractivity contribution in [2.75, 3.05) is 23.9 Å². The molecule has 2 rings (SSSR count). The number of aromatic nitrogens is 2. The van der Waals surface area contributed by atoms with Crippen LogP contribution >= 0.6 is 11.3 Å². The SMILES string of the molecule is CCc1cc2c(N(C)CCC(C)O)nc(NN)nc2s1. The molecule has 0 aliphatic heterocycles. The van der Waals surface area contributed by atoms with Crippen LogP contribution in [-0.2, 0) is 6.42 Å². The molecule has 0 fully saturated rings. The highest BCUT2D eigenvalue weighted by molar-refractivity contribution is 7.18. The van der Waals surface area contributed by atoms with Crippen molar-refractivity contribution in [3.63, 3.8) is 0 Å². The second-order valence-electron chi connectivity index (χ2n) is 4.86. The van der Waals surface area contributed by atoms with Gasteiger partial charge in [0.2, 0.25) is 5.95 Å². The molecule has 2 aromatic heterocycles. The number of thiophene rings is 1. The maximum atomic E-state index is 9.41. The second kappa shape index (κ2) is 6.34. The van der Waals surface area contributed by atoms with Gasteiger partial charge in [-0.15, -0.1) is 11.3 Å². The third-order valence-corrected chi connectivity index (χ3v) is 4.32. The van der Waals surface area contributed by atoms with E-state index in [2.05, 4.69) is 28.4 Å². The minimum Gasteiger partial charge on any atom is -0.393 e. The fourth-order valence-corrected chi connectivity index (χ4v) is 2.93. The summed E-state index contributed by atoms with van der Waals surface area (Å²) in [5, 5.41) is 10.5. The number of aliphatic hydroxyl groups excluding tert-OH is 1. The topological polar surface area (TPSA) is 87.3 Å². The molecular formula is C13H21N5OS. The Morgan fingerprint density at radius 1 is 1.50 bits per heavy atom. The third kappa shape index (κ3) is 3.17. The summed E-state index contributed by atoms with van der Waals surface area (Å²) in [6.45, 7) is 4.64. The fraction of sp³-hybridized carbons (Fsp3) is 0.538. The predicted octanol–water partition coefficient (Wildman–Crippen LogP) is 1.75. The van der Waals surface area contributed by atoms with Crippen LogP contribution in [0.1, 0.15) is 25.1 Å². The minimum absolute atomic E-state index is 0.324. The van der Waals surface area contributed by atoms with Gasteiger partial charge in [0.05, 0.1) is 11.5 Å². The van der Waals surface area contributed by atoms with Gasteiger partial charge in [0, 0.05) is 18.5 Å². The van der Waals surface area contributed by atoms with E-state index in [0.717, 1.165) is 29.0 Å². The van der Waals surface area contributed by atoms with Crippen molar-refractivity contribution in [1.82, 2.24) is 9.97 Å². The molecule has 0 aromatic carbocycles. The van der Waals surface area contributed by atoms with Gasteiger partial charge in [-0.1, -0.05) is 6.92 Å². The number of nitrogens with two attached hydrogens (primary N) is 1. The number of nitrogens with zero attached hydrogens (tertiary/aromatic N) is 3. The first-order chi connectivity index (χ1) is 9.55. The van der Waals surface area contributed by atoms with Crippen LogP contribution in [0, 0.1) is 0 Å². The van der Waals surface area contributed by atoms with E-state index >= 15 is 0 Å². The number of hydrogen-bond donors (Lipinski definition) is 3. The van der Waals surface area contributed by atoms with Crippen LogP contribution in [0.2, 0.25) is 0 Å².